The second kappa shape index (κ2) is 7.38. The summed E-state index contributed by atoms with van der Waals surface area (Å²) in [6.45, 7) is 5.25. The summed E-state index contributed by atoms with van der Waals surface area (Å²) in [5, 5.41) is 10.1. The highest BCUT2D eigenvalue weighted by atomic mass is 79.9. The van der Waals surface area contributed by atoms with Crippen molar-refractivity contribution in [2.75, 3.05) is 26.2 Å². The van der Waals surface area contributed by atoms with E-state index in [1.165, 1.54) is 0 Å². The van der Waals surface area contributed by atoms with Crippen LogP contribution in [0.2, 0.25) is 5.15 Å². The molecule has 23 heavy (non-hydrogen) atoms. The van der Waals surface area contributed by atoms with Gasteiger partial charge in [-0.15, -0.1) is 0 Å². The molecule has 0 bridgehead atoms. The molecule has 0 spiro atoms. The first-order chi connectivity index (χ1) is 11.0. The highest BCUT2D eigenvalue weighted by molar-refractivity contribution is 9.10. The quantitative estimate of drug-likeness (QED) is 0.780. The lowest BCUT2D eigenvalue weighted by molar-refractivity contribution is 0.0799. The van der Waals surface area contributed by atoms with E-state index in [2.05, 4.69) is 25.8 Å². The second-order valence-electron chi connectivity index (χ2n) is 6.22. The molecular formula is C16H21BrClN3O2. The van der Waals surface area contributed by atoms with Gasteiger partial charge in [-0.1, -0.05) is 11.6 Å². The number of aromatic nitrogens is 2. The van der Waals surface area contributed by atoms with Crippen molar-refractivity contribution >= 4 is 33.0 Å². The summed E-state index contributed by atoms with van der Waals surface area (Å²) < 4.78 is 8.67. The lowest BCUT2D eigenvalue weighted by atomic mass is 9.99. The van der Waals surface area contributed by atoms with Gasteiger partial charge in [-0.25, -0.2) is 4.98 Å². The number of ether oxygens (including phenoxy) is 1. The lowest BCUT2D eigenvalue weighted by Gasteiger charge is -2.33. The van der Waals surface area contributed by atoms with Gasteiger partial charge in [0.1, 0.15) is 22.7 Å². The van der Waals surface area contributed by atoms with Crippen molar-refractivity contribution < 1.29 is 9.84 Å². The van der Waals surface area contributed by atoms with Gasteiger partial charge >= 0.3 is 0 Å². The zero-order valence-electron chi connectivity index (χ0n) is 13.1. The van der Waals surface area contributed by atoms with E-state index in [4.69, 9.17) is 16.3 Å². The number of halogens is 2. The molecule has 1 saturated heterocycles. The molecule has 2 atom stereocenters. The number of imidazole rings is 1. The minimum atomic E-state index is -0.284. The second-order valence-corrected chi connectivity index (χ2v) is 7.44. The SMILES string of the molecule is CC(O)CN1CCC[C@@H](COc2cc(Br)c(Cl)n3cncc23)C1. The van der Waals surface area contributed by atoms with Crippen molar-refractivity contribution in [2.24, 2.45) is 5.92 Å². The van der Waals surface area contributed by atoms with Crippen LogP contribution in [0.5, 0.6) is 5.75 Å². The Morgan fingerprint density at radius 2 is 2.39 bits per heavy atom. The maximum Gasteiger partial charge on any atom is 0.146 e. The third-order valence-corrected chi connectivity index (χ3v) is 5.38. The summed E-state index contributed by atoms with van der Waals surface area (Å²) in [4.78, 5) is 6.46. The van der Waals surface area contributed by atoms with Crippen molar-refractivity contribution in [3.05, 3.63) is 28.2 Å². The minimum absolute atomic E-state index is 0.284. The minimum Gasteiger partial charge on any atom is -0.491 e. The van der Waals surface area contributed by atoms with Crippen LogP contribution >= 0.6 is 27.5 Å². The number of hydrogen-bond donors (Lipinski definition) is 1. The molecule has 7 heteroatoms. The van der Waals surface area contributed by atoms with E-state index in [9.17, 15) is 5.11 Å². The van der Waals surface area contributed by atoms with E-state index in [-0.39, 0.29) is 6.10 Å². The molecule has 2 aromatic heterocycles. The van der Waals surface area contributed by atoms with Gasteiger partial charge in [0.25, 0.3) is 0 Å². The molecule has 0 radical (unpaired) electrons. The number of aliphatic hydroxyl groups excluding tert-OH is 1. The van der Waals surface area contributed by atoms with Crippen LogP contribution < -0.4 is 4.74 Å². The summed E-state index contributed by atoms with van der Waals surface area (Å²) in [5.74, 6) is 1.26. The Labute approximate surface area is 149 Å². The van der Waals surface area contributed by atoms with E-state index in [1.807, 2.05) is 17.4 Å². The number of nitrogens with zero attached hydrogens (tertiary/aromatic N) is 3. The Morgan fingerprint density at radius 1 is 1.57 bits per heavy atom. The molecule has 3 heterocycles. The number of aliphatic hydroxyl groups is 1. The molecule has 1 aliphatic heterocycles. The first kappa shape index (κ1) is 17.0. The summed E-state index contributed by atoms with van der Waals surface area (Å²) in [6, 6.07) is 1.90. The molecule has 3 rings (SSSR count). The molecule has 1 fully saturated rings. The largest absolute Gasteiger partial charge is 0.491 e. The number of hydrogen-bond acceptors (Lipinski definition) is 4. The average molecular weight is 403 g/mol. The molecule has 1 aliphatic rings. The van der Waals surface area contributed by atoms with Gasteiger partial charge in [-0.05, 0) is 48.3 Å². The molecule has 2 aromatic rings. The third kappa shape index (κ3) is 3.99. The van der Waals surface area contributed by atoms with E-state index in [1.54, 1.807) is 12.5 Å². The van der Waals surface area contributed by atoms with Crippen molar-refractivity contribution in [3.63, 3.8) is 0 Å². The van der Waals surface area contributed by atoms with Gasteiger partial charge in [0.15, 0.2) is 0 Å². The molecule has 0 aliphatic carbocycles. The highest BCUT2D eigenvalue weighted by Crippen LogP contribution is 2.32. The monoisotopic (exact) mass is 401 g/mol. The molecule has 126 valence electrons. The lowest BCUT2D eigenvalue weighted by Crippen LogP contribution is -2.41. The van der Waals surface area contributed by atoms with Crippen LogP contribution in [0.1, 0.15) is 19.8 Å². The van der Waals surface area contributed by atoms with Gasteiger partial charge in [0.05, 0.1) is 23.4 Å². The molecule has 0 aromatic carbocycles. The third-order valence-electron chi connectivity index (χ3n) is 4.16. The van der Waals surface area contributed by atoms with E-state index in [0.29, 0.717) is 17.7 Å². The first-order valence-electron chi connectivity index (χ1n) is 7.88. The highest BCUT2D eigenvalue weighted by Gasteiger charge is 2.22. The Morgan fingerprint density at radius 3 is 3.17 bits per heavy atom. The number of fused-ring (bicyclic) bond motifs is 1. The topological polar surface area (TPSA) is 50.0 Å². The molecule has 1 unspecified atom stereocenters. The predicted molar refractivity (Wildman–Crippen MR) is 94.2 cm³/mol. The normalized spacial score (nSPS) is 20.8. The summed E-state index contributed by atoms with van der Waals surface area (Å²) in [7, 11) is 0. The first-order valence-corrected chi connectivity index (χ1v) is 9.05. The van der Waals surface area contributed by atoms with Gasteiger partial charge in [-0.3, -0.25) is 4.40 Å². The fraction of sp³-hybridized carbons (Fsp3) is 0.562. The number of likely N-dealkylation sites (tertiary alicyclic amines) is 1. The molecule has 5 nitrogen and oxygen atoms in total. The molecular weight excluding hydrogens is 382 g/mol. The number of piperidine rings is 1. The van der Waals surface area contributed by atoms with Crippen molar-refractivity contribution in [1.29, 1.82) is 0 Å². The van der Waals surface area contributed by atoms with Crippen LogP contribution in [-0.4, -0.2) is 51.7 Å². The number of pyridine rings is 1. The maximum atomic E-state index is 9.55. The van der Waals surface area contributed by atoms with Crippen LogP contribution in [0, 0.1) is 5.92 Å². The number of rotatable bonds is 5. The standard InChI is InChI=1S/C16H21BrClN3O2/c1-11(22)7-20-4-2-3-12(8-20)9-23-15-5-13(17)16(18)21-10-19-6-14(15)21/h5-6,10-12,22H,2-4,7-9H2,1H3/t11?,12-/m1/s1. The average Bonchev–Trinajstić information content (AvgIpc) is 2.99. The van der Waals surface area contributed by atoms with Crippen molar-refractivity contribution in [3.8, 4) is 5.75 Å². The van der Waals surface area contributed by atoms with Gasteiger partial charge < -0.3 is 14.7 Å². The van der Waals surface area contributed by atoms with Crippen LogP contribution in [0.25, 0.3) is 5.52 Å². The zero-order valence-corrected chi connectivity index (χ0v) is 15.4. The fourth-order valence-electron chi connectivity index (χ4n) is 3.15. The smallest absolute Gasteiger partial charge is 0.146 e. The van der Waals surface area contributed by atoms with Crippen molar-refractivity contribution in [2.45, 2.75) is 25.9 Å². The molecule has 0 amide bonds. The van der Waals surface area contributed by atoms with E-state index in [0.717, 1.165) is 48.2 Å². The van der Waals surface area contributed by atoms with Crippen LogP contribution in [0.4, 0.5) is 0 Å². The Hall–Kier alpha value is -0.820. The van der Waals surface area contributed by atoms with Crippen LogP contribution in [0.3, 0.4) is 0 Å². The maximum absolute atomic E-state index is 9.55. The van der Waals surface area contributed by atoms with Crippen molar-refractivity contribution in [1.82, 2.24) is 14.3 Å². The summed E-state index contributed by atoms with van der Waals surface area (Å²) >= 11 is 9.70. The zero-order chi connectivity index (χ0) is 16.4. The van der Waals surface area contributed by atoms with Crippen LogP contribution in [-0.2, 0) is 0 Å². The molecule has 0 saturated carbocycles. The summed E-state index contributed by atoms with van der Waals surface area (Å²) in [5.41, 5.74) is 0.870. The van der Waals surface area contributed by atoms with E-state index >= 15 is 0 Å². The molecule has 1 N–H and O–H groups in total. The summed E-state index contributed by atoms with van der Waals surface area (Å²) in [6.07, 6.45) is 5.45. The van der Waals surface area contributed by atoms with Gasteiger partial charge in [0, 0.05) is 19.0 Å². The Kier molecular flexibility index (Phi) is 5.46. The van der Waals surface area contributed by atoms with E-state index < -0.39 is 0 Å². The van der Waals surface area contributed by atoms with Crippen LogP contribution in [0.15, 0.2) is 23.1 Å². The van der Waals surface area contributed by atoms with Gasteiger partial charge in [0.2, 0.25) is 0 Å². The predicted octanol–water partition coefficient (Wildman–Crippen LogP) is 3.22. The Balaban J connectivity index is 1.66. The van der Waals surface area contributed by atoms with Gasteiger partial charge in [-0.2, -0.15) is 0 Å². The number of β-amino-alcohol motifs (C(OH)–C–C–N with tert-alkyl or cyclic N) is 1. The fourth-order valence-corrected chi connectivity index (χ4v) is 3.74. The Bertz CT molecular complexity index is 677.